The minimum absolute atomic E-state index is 0.916. The number of nitrogen functional groups attached to an aromatic ring is 1. The lowest BCUT2D eigenvalue weighted by Crippen LogP contribution is -2.14. The zero-order valence-electron chi connectivity index (χ0n) is 11.3. The van der Waals surface area contributed by atoms with Gasteiger partial charge in [-0.3, -0.25) is 0 Å². The number of nitrogens with one attached hydrogen (secondary N) is 1. The number of anilines is 1. The molecule has 3 N–H and O–H groups in total. The second kappa shape index (κ2) is 7.59. The van der Waals surface area contributed by atoms with Crippen molar-refractivity contribution in [3.63, 3.8) is 0 Å². The number of nitrogens with two attached hydrogens (primary N) is 1. The first kappa shape index (κ1) is 13.6. The van der Waals surface area contributed by atoms with Crippen molar-refractivity contribution in [2.45, 2.75) is 25.8 Å². The van der Waals surface area contributed by atoms with E-state index in [9.17, 15) is 0 Å². The third-order valence-corrected chi connectivity index (χ3v) is 3.28. The highest BCUT2D eigenvalue weighted by atomic mass is 14.8. The maximum atomic E-state index is 5.92. The first-order valence-electron chi connectivity index (χ1n) is 6.94. The molecule has 0 aliphatic rings. The third-order valence-electron chi connectivity index (χ3n) is 3.28. The third kappa shape index (κ3) is 4.76. The summed E-state index contributed by atoms with van der Waals surface area (Å²) in [5.74, 6) is 0. The first-order chi connectivity index (χ1) is 9.36. The number of benzene rings is 2. The minimum Gasteiger partial charge on any atom is -0.399 e. The van der Waals surface area contributed by atoms with E-state index in [4.69, 9.17) is 5.73 Å². The molecule has 0 radical (unpaired) electrons. The van der Waals surface area contributed by atoms with Crippen LogP contribution in [-0.4, -0.2) is 6.54 Å². The van der Waals surface area contributed by atoms with Crippen molar-refractivity contribution in [3.8, 4) is 0 Å². The molecule has 0 unspecified atom stereocenters. The fraction of sp³-hybridized carbons (Fsp3) is 0.294. The number of unbranched alkanes of at least 4 members (excludes halogenated alkanes) is 1. The van der Waals surface area contributed by atoms with Gasteiger partial charge in [0.2, 0.25) is 0 Å². The average molecular weight is 254 g/mol. The van der Waals surface area contributed by atoms with Crippen LogP contribution >= 0.6 is 0 Å². The summed E-state index contributed by atoms with van der Waals surface area (Å²) in [6.07, 6.45) is 3.43. The topological polar surface area (TPSA) is 38.0 Å². The Morgan fingerprint density at radius 1 is 0.842 bits per heavy atom. The zero-order chi connectivity index (χ0) is 13.3. The number of rotatable bonds is 7. The summed E-state index contributed by atoms with van der Waals surface area (Å²) in [4.78, 5) is 0. The van der Waals surface area contributed by atoms with Crippen LogP contribution in [0.4, 0.5) is 5.69 Å². The summed E-state index contributed by atoms with van der Waals surface area (Å²) in [5.41, 5.74) is 9.45. The molecule has 100 valence electrons. The average Bonchev–Trinajstić information content (AvgIpc) is 2.45. The van der Waals surface area contributed by atoms with E-state index >= 15 is 0 Å². The van der Waals surface area contributed by atoms with Crippen LogP contribution in [0, 0.1) is 0 Å². The van der Waals surface area contributed by atoms with Gasteiger partial charge in [-0.15, -0.1) is 0 Å². The van der Waals surface area contributed by atoms with Crippen molar-refractivity contribution in [3.05, 3.63) is 65.7 Å². The molecule has 0 saturated carbocycles. The molecule has 0 atom stereocenters. The molecule has 19 heavy (non-hydrogen) atoms. The van der Waals surface area contributed by atoms with Gasteiger partial charge < -0.3 is 11.1 Å². The van der Waals surface area contributed by atoms with Crippen molar-refractivity contribution in [1.82, 2.24) is 5.32 Å². The molecule has 2 heteroatoms. The van der Waals surface area contributed by atoms with E-state index in [-0.39, 0.29) is 0 Å². The fourth-order valence-electron chi connectivity index (χ4n) is 2.16. The SMILES string of the molecule is Nc1ccccc1CCCCNCc1ccccc1. The van der Waals surface area contributed by atoms with Gasteiger partial charge >= 0.3 is 0 Å². The van der Waals surface area contributed by atoms with Crippen LogP contribution < -0.4 is 11.1 Å². The van der Waals surface area contributed by atoms with Gasteiger partial charge in [0.1, 0.15) is 0 Å². The van der Waals surface area contributed by atoms with Crippen molar-refractivity contribution in [1.29, 1.82) is 0 Å². The number of hydrogen-bond acceptors (Lipinski definition) is 2. The Labute approximate surface area is 115 Å². The summed E-state index contributed by atoms with van der Waals surface area (Å²) in [7, 11) is 0. The smallest absolute Gasteiger partial charge is 0.0346 e. The van der Waals surface area contributed by atoms with Crippen LogP contribution in [0.2, 0.25) is 0 Å². The molecule has 0 aliphatic carbocycles. The number of hydrogen-bond donors (Lipinski definition) is 2. The molecular weight excluding hydrogens is 232 g/mol. The van der Waals surface area contributed by atoms with E-state index in [0.717, 1.165) is 25.2 Å². The van der Waals surface area contributed by atoms with Crippen molar-refractivity contribution < 1.29 is 0 Å². The maximum Gasteiger partial charge on any atom is 0.0346 e. The normalized spacial score (nSPS) is 10.5. The Bertz CT molecular complexity index is 480. The first-order valence-corrected chi connectivity index (χ1v) is 6.94. The van der Waals surface area contributed by atoms with Gasteiger partial charge in [-0.25, -0.2) is 0 Å². The highest BCUT2D eigenvalue weighted by Gasteiger charge is 1.97. The zero-order valence-corrected chi connectivity index (χ0v) is 11.3. The lowest BCUT2D eigenvalue weighted by Gasteiger charge is -2.06. The lowest BCUT2D eigenvalue weighted by molar-refractivity contribution is 0.623. The molecule has 0 spiro atoms. The van der Waals surface area contributed by atoms with Crippen LogP contribution in [-0.2, 0) is 13.0 Å². The summed E-state index contributed by atoms with van der Waals surface area (Å²) in [6.45, 7) is 2.01. The molecule has 0 bridgehead atoms. The van der Waals surface area contributed by atoms with Crippen molar-refractivity contribution in [2.24, 2.45) is 0 Å². The Hall–Kier alpha value is -1.80. The standard InChI is InChI=1S/C17H22N2/c18-17-12-5-4-10-16(17)11-6-7-13-19-14-15-8-2-1-3-9-15/h1-5,8-10,12,19H,6-7,11,13-14,18H2. The molecule has 0 heterocycles. The van der Waals surface area contributed by atoms with E-state index < -0.39 is 0 Å². The number of aryl methyl sites for hydroxylation is 1. The van der Waals surface area contributed by atoms with Gasteiger partial charge in [-0.2, -0.15) is 0 Å². The van der Waals surface area contributed by atoms with Crippen LogP contribution in [0.5, 0.6) is 0 Å². The molecular formula is C17H22N2. The second-order valence-electron chi connectivity index (χ2n) is 4.82. The van der Waals surface area contributed by atoms with E-state index in [1.807, 2.05) is 18.2 Å². The van der Waals surface area contributed by atoms with E-state index in [0.29, 0.717) is 0 Å². The Kier molecular flexibility index (Phi) is 5.45. The highest BCUT2D eigenvalue weighted by molar-refractivity contribution is 5.46. The predicted octanol–water partition coefficient (Wildman–Crippen LogP) is 3.38. The van der Waals surface area contributed by atoms with Gasteiger partial charge in [0.05, 0.1) is 0 Å². The molecule has 0 amide bonds. The molecule has 2 rings (SSSR count). The van der Waals surface area contributed by atoms with E-state index in [1.165, 1.54) is 24.0 Å². The van der Waals surface area contributed by atoms with Crippen LogP contribution in [0.1, 0.15) is 24.0 Å². The van der Waals surface area contributed by atoms with E-state index in [1.54, 1.807) is 0 Å². The highest BCUT2D eigenvalue weighted by Crippen LogP contribution is 2.13. The predicted molar refractivity (Wildman–Crippen MR) is 81.9 cm³/mol. The molecule has 0 fully saturated rings. The summed E-state index contributed by atoms with van der Waals surface area (Å²) >= 11 is 0. The van der Waals surface area contributed by atoms with Crippen LogP contribution in [0.25, 0.3) is 0 Å². The van der Waals surface area contributed by atoms with Crippen molar-refractivity contribution in [2.75, 3.05) is 12.3 Å². The molecule has 2 aromatic rings. The summed E-state index contributed by atoms with van der Waals surface area (Å²) in [5, 5.41) is 3.47. The minimum atomic E-state index is 0.916. The lowest BCUT2D eigenvalue weighted by atomic mass is 10.1. The molecule has 0 aromatic heterocycles. The molecule has 2 aromatic carbocycles. The molecule has 0 aliphatic heterocycles. The van der Waals surface area contributed by atoms with Crippen LogP contribution in [0.3, 0.4) is 0 Å². The molecule has 2 nitrogen and oxygen atoms in total. The van der Waals surface area contributed by atoms with Gasteiger partial charge in [0, 0.05) is 12.2 Å². The maximum absolute atomic E-state index is 5.92. The Balaban J connectivity index is 1.59. The summed E-state index contributed by atoms with van der Waals surface area (Å²) in [6, 6.07) is 18.6. The Morgan fingerprint density at radius 2 is 1.58 bits per heavy atom. The van der Waals surface area contributed by atoms with E-state index in [2.05, 4.69) is 41.7 Å². The summed E-state index contributed by atoms with van der Waals surface area (Å²) < 4.78 is 0. The van der Waals surface area contributed by atoms with Gasteiger partial charge in [0.25, 0.3) is 0 Å². The van der Waals surface area contributed by atoms with Crippen LogP contribution in [0.15, 0.2) is 54.6 Å². The monoisotopic (exact) mass is 254 g/mol. The van der Waals surface area contributed by atoms with Gasteiger partial charge in [-0.1, -0.05) is 48.5 Å². The Morgan fingerprint density at radius 3 is 2.37 bits per heavy atom. The van der Waals surface area contributed by atoms with Crippen molar-refractivity contribution >= 4 is 5.69 Å². The van der Waals surface area contributed by atoms with Gasteiger partial charge in [-0.05, 0) is 43.0 Å². The van der Waals surface area contributed by atoms with Gasteiger partial charge in [0.15, 0.2) is 0 Å². The number of para-hydroxylation sites is 1. The fourth-order valence-corrected chi connectivity index (χ4v) is 2.16. The quantitative estimate of drug-likeness (QED) is 0.587. The molecule has 0 saturated heterocycles. The largest absolute Gasteiger partial charge is 0.399 e. The second-order valence-corrected chi connectivity index (χ2v) is 4.82.